The summed E-state index contributed by atoms with van der Waals surface area (Å²) in [5.41, 5.74) is 2.54. The molecule has 0 spiro atoms. The Kier molecular flexibility index (Phi) is 3.78. The van der Waals surface area contributed by atoms with Gasteiger partial charge < -0.3 is 4.74 Å². The van der Waals surface area contributed by atoms with Crippen LogP contribution in [0.3, 0.4) is 0 Å². The standard InChI is InChI=1S/C14H22O/c1-6-7-12-8-11(2)9-13(10-12)15-14(3,4)5/h8-10H,6-7H2,1-5H3. The molecule has 15 heavy (non-hydrogen) atoms. The van der Waals surface area contributed by atoms with Crippen LogP contribution >= 0.6 is 0 Å². The molecule has 1 heteroatoms. The number of aryl methyl sites for hydroxylation is 2. The summed E-state index contributed by atoms with van der Waals surface area (Å²) < 4.78 is 5.87. The first-order valence-electron chi connectivity index (χ1n) is 5.70. The van der Waals surface area contributed by atoms with Crippen LogP contribution in [0.25, 0.3) is 0 Å². The van der Waals surface area contributed by atoms with Gasteiger partial charge in [0.2, 0.25) is 0 Å². The highest BCUT2D eigenvalue weighted by atomic mass is 16.5. The Morgan fingerprint density at radius 1 is 1.13 bits per heavy atom. The lowest BCUT2D eigenvalue weighted by atomic mass is 10.1. The summed E-state index contributed by atoms with van der Waals surface area (Å²) in [5, 5.41) is 0. The minimum atomic E-state index is -0.114. The fourth-order valence-electron chi connectivity index (χ4n) is 1.67. The minimum absolute atomic E-state index is 0.114. The molecule has 0 bridgehead atoms. The van der Waals surface area contributed by atoms with Crippen molar-refractivity contribution in [3.05, 3.63) is 29.3 Å². The van der Waals surface area contributed by atoms with Gasteiger partial charge in [-0.3, -0.25) is 0 Å². The zero-order chi connectivity index (χ0) is 11.5. The summed E-state index contributed by atoms with van der Waals surface area (Å²) in [6.45, 7) is 10.6. The van der Waals surface area contributed by atoms with Crippen molar-refractivity contribution in [1.82, 2.24) is 0 Å². The van der Waals surface area contributed by atoms with E-state index in [0.717, 1.165) is 12.2 Å². The SMILES string of the molecule is CCCc1cc(C)cc(OC(C)(C)C)c1. The Morgan fingerprint density at radius 2 is 1.80 bits per heavy atom. The largest absolute Gasteiger partial charge is 0.488 e. The minimum Gasteiger partial charge on any atom is -0.488 e. The molecule has 84 valence electrons. The molecule has 0 heterocycles. The third kappa shape index (κ3) is 4.37. The zero-order valence-corrected chi connectivity index (χ0v) is 10.6. The normalized spacial score (nSPS) is 11.5. The molecule has 1 aromatic carbocycles. The van der Waals surface area contributed by atoms with E-state index < -0.39 is 0 Å². The summed E-state index contributed by atoms with van der Waals surface area (Å²) in [6, 6.07) is 6.49. The van der Waals surface area contributed by atoms with Crippen LogP contribution in [-0.2, 0) is 6.42 Å². The summed E-state index contributed by atoms with van der Waals surface area (Å²) in [4.78, 5) is 0. The highest BCUT2D eigenvalue weighted by Crippen LogP contribution is 2.22. The van der Waals surface area contributed by atoms with Crippen molar-refractivity contribution in [3.63, 3.8) is 0 Å². The van der Waals surface area contributed by atoms with E-state index in [-0.39, 0.29) is 5.60 Å². The number of hydrogen-bond acceptors (Lipinski definition) is 1. The molecule has 1 nitrogen and oxygen atoms in total. The van der Waals surface area contributed by atoms with E-state index in [0.29, 0.717) is 0 Å². The molecule has 0 aliphatic heterocycles. The Hall–Kier alpha value is -0.980. The van der Waals surface area contributed by atoms with E-state index in [1.165, 1.54) is 17.5 Å². The van der Waals surface area contributed by atoms with Gasteiger partial charge in [0.1, 0.15) is 11.4 Å². The predicted octanol–water partition coefficient (Wildman–Crippen LogP) is 4.12. The molecule has 0 atom stereocenters. The predicted molar refractivity (Wildman–Crippen MR) is 65.6 cm³/mol. The molecule has 0 aromatic heterocycles. The highest BCUT2D eigenvalue weighted by Gasteiger charge is 2.12. The smallest absolute Gasteiger partial charge is 0.120 e. The molecule has 0 amide bonds. The number of rotatable bonds is 3. The van der Waals surface area contributed by atoms with Crippen molar-refractivity contribution in [2.24, 2.45) is 0 Å². The Labute approximate surface area is 93.5 Å². The van der Waals surface area contributed by atoms with Crippen LogP contribution in [0.1, 0.15) is 45.2 Å². The van der Waals surface area contributed by atoms with E-state index in [4.69, 9.17) is 4.74 Å². The van der Waals surface area contributed by atoms with Crippen molar-refractivity contribution in [2.75, 3.05) is 0 Å². The van der Waals surface area contributed by atoms with Crippen molar-refractivity contribution in [1.29, 1.82) is 0 Å². The van der Waals surface area contributed by atoms with Crippen LogP contribution in [0.5, 0.6) is 5.75 Å². The van der Waals surface area contributed by atoms with Gasteiger partial charge in [-0.2, -0.15) is 0 Å². The van der Waals surface area contributed by atoms with E-state index in [9.17, 15) is 0 Å². The van der Waals surface area contributed by atoms with Crippen LogP contribution in [0, 0.1) is 6.92 Å². The molecule has 0 unspecified atom stereocenters. The molecule has 0 aliphatic rings. The average molecular weight is 206 g/mol. The van der Waals surface area contributed by atoms with Crippen LogP contribution in [0.15, 0.2) is 18.2 Å². The van der Waals surface area contributed by atoms with E-state index >= 15 is 0 Å². The monoisotopic (exact) mass is 206 g/mol. The Bertz CT molecular complexity index is 321. The molecule has 0 N–H and O–H groups in total. The molecule has 0 saturated carbocycles. The van der Waals surface area contributed by atoms with Gasteiger partial charge in [-0.15, -0.1) is 0 Å². The first-order chi connectivity index (χ1) is 6.90. The van der Waals surface area contributed by atoms with Gasteiger partial charge >= 0.3 is 0 Å². The maximum absolute atomic E-state index is 5.87. The van der Waals surface area contributed by atoms with Gasteiger partial charge in [0.25, 0.3) is 0 Å². The molecular weight excluding hydrogens is 184 g/mol. The van der Waals surface area contributed by atoms with Gasteiger partial charge in [0.15, 0.2) is 0 Å². The van der Waals surface area contributed by atoms with Crippen molar-refractivity contribution in [2.45, 2.75) is 53.1 Å². The number of ether oxygens (including phenoxy) is 1. The van der Waals surface area contributed by atoms with E-state index in [1.807, 2.05) is 0 Å². The fraction of sp³-hybridized carbons (Fsp3) is 0.571. The Balaban J connectivity index is 2.88. The molecule has 0 fully saturated rings. The molecular formula is C14H22O. The molecule has 1 rings (SSSR count). The lowest BCUT2D eigenvalue weighted by molar-refractivity contribution is 0.130. The second-order valence-electron chi connectivity index (χ2n) is 5.12. The first-order valence-corrected chi connectivity index (χ1v) is 5.70. The fourth-order valence-corrected chi connectivity index (χ4v) is 1.67. The van der Waals surface area contributed by atoms with Crippen LogP contribution in [-0.4, -0.2) is 5.60 Å². The van der Waals surface area contributed by atoms with E-state index in [1.54, 1.807) is 0 Å². The average Bonchev–Trinajstić information content (AvgIpc) is 1.99. The maximum Gasteiger partial charge on any atom is 0.120 e. The molecule has 0 radical (unpaired) electrons. The van der Waals surface area contributed by atoms with Gasteiger partial charge in [-0.1, -0.05) is 19.4 Å². The van der Waals surface area contributed by atoms with Crippen molar-refractivity contribution in [3.8, 4) is 5.75 Å². The first kappa shape index (κ1) is 12.1. The molecule has 1 aromatic rings. The van der Waals surface area contributed by atoms with Crippen LogP contribution in [0.2, 0.25) is 0 Å². The second-order valence-corrected chi connectivity index (χ2v) is 5.12. The summed E-state index contributed by atoms with van der Waals surface area (Å²) in [7, 11) is 0. The summed E-state index contributed by atoms with van der Waals surface area (Å²) in [5.74, 6) is 0.992. The van der Waals surface area contributed by atoms with E-state index in [2.05, 4.69) is 52.8 Å². The topological polar surface area (TPSA) is 9.23 Å². The van der Waals surface area contributed by atoms with Gasteiger partial charge in [-0.05, 0) is 57.4 Å². The number of benzene rings is 1. The summed E-state index contributed by atoms with van der Waals surface area (Å²) >= 11 is 0. The van der Waals surface area contributed by atoms with Crippen molar-refractivity contribution >= 4 is 0 Å². The van der Waals surface area contributed by atoms with Crippen LogP contribution < -0.4 is 4.74 Å². The lowest BCUT2D eigenvalue weighted by Gasteiger charge is -2.22. The quantitative estimate of drug-likeness (QED) is 0.722. The van der Waals surface area contributed by atoms with Gasteiger partial charge in [0.05, 0.1) is 0 Å². The molecule has 0 aliphatic carbocycles. The second kappa shape index (κ2) is 4.69. The summed E-state index contributed by atoms with van der Waals surface area (Å²) in [6.07, 6.45) is 2.31. The zero-order valence-electron chi connectivity index (χ0n) is 10.6. The third-order valence-corrected chi connectivity index (χ3v) is 2.07. The van der Waals surface area contributed by atoms with Crippen LogP contribution in [0.4, 0.5) is 0 Å². The van der Waals surface area contributed by atoms with Crippen molar-refractivity contribution < 1.29 is 4.74 Å². The highest BCUT2D eigenvalue weighted by molar-refractivity contribution is 5.34. The lowest BCUT2D eigenvalue weighted by Crippen LogP contribution is -2.23. The Morgan fingerprint density at radius 3 is 2.33 bits per heavy atom. The van der Waals surface area contributed by atoms with Gasteiger partial charge in [-0.25, -0.2) is 0 Å². The van der Waals surface area contributed by atoms with Gasteiger partial charge in [0, 0.05) is 0 Å². The number of hydrogen-bond donors (Lipinski definition) is 0. The third-order valence-electron chi connectivity index (χ3n) is 2.07. The molecule has 0 saturated heterocycles. The maximum atomic E-state index is 5.87.